The predicted molar refractivity (Wildman–Crippen MR) is 109 cm³/mol. The molecule has 3 saturated heterocycles. The van der Waals surface area contributed by atoms with Crippen LogP contribution in [0.3, 0.4) is 0 Å². The molecule has 1 amide bonds. The molecule has 1 aromatic heterocycles. The van der Waals surface area contributed by atoms with Crippen molar-refractivity contribution in [2.45, 2.75) is 58.2 Å². The number of piperidine rings is 3. The molecule has 2 unspecified atom stereocenters. The fraction of sp³-hybridized carbons (Fsp3) is 0.591. The average Bonchev–Trinajstić information content (AvgIpc) is 3.17. The van der Waals surface area contributed by atoms with E-state index >= 15 is 0 Å². The van der Waals surface area contributed by atoms with Gasteiger partial charge in [0.15, 0.2) is 0 Å². The fourth-order valence-electron chi connectivity index (χ4n) is 4.49. The summed E-state index contributed by atoms with van der Waals surface area (Å²) in [5.41, 5.74) is 1.92. The monoisotopic (exact) mass is 399 g/mol. The van der Waals surface area contributed by atoms with E-state index in [1.165, 1.54) is 12.1 Å². The number of fused-ring (bicyclic) bond motifs is 3. The van der Waals surface area contributed by atoms with E-state index in [1.807, 2.05) is 4.68 Å². The van der Waals surface area contributed by atoms with E-state index in [-0.39, 0.29) is 23.1 Å². The van der Waals surface area contributed by atoms with Crippen molar-refractivity contribution in [3.63, 3.8) is 0 Å². The predicted octanol–water partition coefficient (Wildman–Crippen LogP) is 2.74. The second kappa shape index (κ2) is 7.86. The summed E-state index contributed by atoms with van der Waals surface area (Å²) >= 11 is 0. The van der Waals surface area contributed by atoms with Crippen LogP contribution in [0.4, 0.5) is 4.39 Å². The highest BCUT2D eigenvalue weighted by molar-refractivity contribution is 5.79. The van der Waals surface area contributed by atoms with E-state index in [1.54, 1.807) is 12.1 Å². The number of amides is 1. The molecule has 3 aliphatic heterocycles. The van der Waals surface area contributed by atoms with Crippen LogP contribution in [0.2, 0.25) is 0 Å². The second-order valence-electron chi connectivity index (χ2n) is 9.46. The van der Waals surface area contributed by atoms with Gasteiger partial charge in [0.25, 0.3) is 0 Å². The molecular weight excluding hydrogens is 369 g/mol. The minimum Gasteiger partial charge on any atom is -0.352 e. The first kappa shape index (κ1) is 20.0. The van der Waals surface area contributed by atoms with Gasteiger partial charge in [-0.3, -0.25) is 14.4 Å². The third kappa shape index (κ3) is 4.50. The number of nitrogens with zero attached hydrogens (tertiary/aromatic N) is 4. The van der Waals surface area contributed by atoms with E-state index in [0.29, 0.717) is 18.5 Å². The van der Waals surface area contributed by atoms with Crippen molar-refractivity contribution in [2.24, 2.45) is 11.8 Å². The SMILES string of the molecule is CC(C)(C)c1cn(C[C@H]2CC3CCN2C[C@@H]3C(=O)NCc2ccc(F)cc2)nn1. The highest BCUT2D eigenvalue weighted by Gasteiger charge is 2.43. The maximum Gasteiger partial charge on any atom is 0.224 e. The molecule has 0 saturated carbocycles. The van der Waals surface area contributed by atoms with Crippen molar-refractivity contribution in [3.8, 4) is 0 Å². The smallest absolute Gasteiger partial charge is 0.224 e. The summed E-state index contributed by atoms with van der Waals surface area (Å²) in [6.45, 7) is 9.53. The lowest BCUT2D eigenvalue weighted by Gasteiger charge is -2.49. The number of carbonyl (C=O) groups is 1. The third-order valence-corrected chi connectivity index (χ3v) is 6.30. The molecule has 156 valence electrons. The molecule has 3 fully saturated rings. The Balaban J connectivity index is 1.33. The van der Waals surface area contributed by atoms with Crippen LogP contribution in [0, 0.1) is 17.7 Å². The molecule has 1 N–H and O–H groups in total. The lowest BCUT2D eigenvalue weighted by atomic mass is 9.75. The summed E-state index contributed by atoms with van der Waals surface area (Å²) in [7, 11) is 0. The minimum absolute atomic E-state index is 0.00217. The molecule has 1 aromatic carbocycles. The average molecular weight is 400 g/mol. The zero-order chi connectivity index (χ0) is 20.6. The molecule has 2 aromatic rings. The first-order chi connectivity index (χ1) is 13.8. The number of carbonyl (C=O) groups excluding carboxylic acids is 1. The molecule has 0 radical (unpaired) electrons. The number of aromatic nitrogens is 3. The Hall–Kier alpha value is -2.28. The van der Waals surface area contributed by atoms with Crippen LogP contribution < -0.4 is 5.32 Å². The Morgan fingerprint density at radius 1 is 1.28 bits per heavy atom. The first-order valence-electron chi connectivity index (χ1n) is 10.5. The fourth-order valence-corrected chi connectivity index (χ4v) is 4.49. The van der Waals surface area contributed by atoms with Gasteiger partial charge in [-0.25, -0.2) is 4.39 Å². The van der Waals surface area contributed by atoms with Gasteiger partial charge in [0.2, 0.25) is 5.91 Å². The second-order valence-corrected chi connectivity index (χ2v) is 9.46. The maximum atomic E-state index is 13.0. The molecule has 29 heavy (non-hydrogen) atoms. The topological polar surface area (TPSA) is 63.1 Å². The molecule has 5 rings (SSSR count). The van der Waals surface area contributed by atoms with Crippen molar-refractivity contribution in [1.82, 2.24) is 25.2 Å². The van der Waals surface area contributed by atoms with Gasteiger partial charge in [-0.15, -0.1) is 5.10 Å². The molecule has 7 heteroatoms. The molecule has 4 heterocycles. The van der Waals surface area contributed by atoms with Crippen LogP contribution in [0.1, 0.15) is 44.9 Å². The van der Waals surface area contributed by atoms with Crippen molar-refractivity contribution in [1.29, 1.82) is 0 Å². The Morgan fingerprint density at radius 3 is 2.66 bits per heavy atom. The van der Waals surface area contributed by atoms with Gasteiger partial charge in [-0.05, 0) is 43.0 Å². The van der Waals surface area contributed by atoms with E-state index in [2.05, 4.69) is 47.5 Å². The van der Waals surface area contributed by atoms with Gasteiger partial charge >= 0.3 is 0 Å². The first-order valence-corrected chi connectivity index (χ1v) is 10.5. The van der Waals surface area contributed by atoms with Crippen LogP contribution in [-0.2, 0) is 23.3 Å². The van der Waals surface area contributed by atoms with Crippen LogP contribution in [0.25, 0.3) is 0 Å². The van der Waals surface area contributed by atoms with E-state index in [9.17, 15) is 9.18 Å². The molecule has 6 nitrogen and oxygen atoms in total. The van der Waals surface area contributed by atoms with Crippen molar-refractivity contribution in [3.05, 3.63) is 47.5 Å². The van der Waals surface area contributed by atoms with Crippen LogP contribution in [-0.4, -0.2) is 44.9 Å². The number of rotatable bonds is 5. The van der Waals surface area contributed by atoms with Gasteiger partial charge < -0.3 is 5.32 Å². The standard InChI is InChI=1S/C22H30FN5O/c1-22(2,3)20-14-28(26-25-20)12-18-10-16-8-9-27(18)13-19(16)21(29)24-11-15-4-6-17(23)7-5-15/h4-7,14,16,18-19H,8-13H2,1-3H3,(H,24,29)/t16?,18-,19+/m1/s1. The summed E-state index contributed by atoms with van der Waals surface area (Å²) in [4.78, 5) is 15.2. The highest BCUT2D eigenvalue weighted by Crippen LogP contribution is 2.37. The van der Waals surface area contributed by atoms with Gasteiger partial charge in [-0.2, -0.15) is 0 Å². The lowest BCUT2D eigenvalue weighted by Crippen LogP contribution is -2.58. The Labute approximate surface area is 171 Å². The van der Waals surface area contributed by atoms with Gasteiger partial charge in [-0.1, -0.05) is 38.1 Å². The zero-order valence-corrected chi connectivity index (χ0v) is 17.4. The maximum absolute atomic E-state index is 13.0. The van der Waals surface area contributed by atoms with Gasteiger partial charge in [0, 0.05) is 30.7 Å². The minimum atomic E-state index is -0.259. The number of hydrogen-bond donors (Lipinski definition) is 1. The molecule has 3 aliphatic rings. The third-order valence-electron chi connectivity index (χ3n) is 6.30. The largest absolute Gasteiger partial charge is 0.352 e. The Bertz CT molecular complexity index is 857. The molecule has 0 aliphatic carbocycles. The summed E-state index contributed by atoms with van der Waals surface area (Å²) in [5, 5.41) is 11.7. The van der Waals surface area contributed by atoms with Crippen molar-refractivity contribution in [2.75, 3.05) is 13.1 Å². The Morgan fingerprint density at radius 2 is 2.03 bits per heavy atom. The number of hydrogen-bond acceptors (Lipinski definition) is 4. The van der Waals surface area contributed by atoms with E-state index < -0.39 is 0 Å². The van der Waals surface area contributed by atoms with Crippen LogP contribution in [0.5, 0.6) is 0 Å². The zero-order valence-electron chi connectivity index (χ0n) is 17.4. The van der Waals surface area contributed by atoms with Crippen molar-refractivity contribution < 1.29 is 9.18 Å². The Kier molecular flexibility index (Phi) is 5.42. The summed E-state index contributed by atoms with van der Waals surface area (Å²) in [5.74, 6) is 0.286. The molecule has 2 bridgehead atoms. The lowest BCUT2D eigenvalue weighted by molar-refractivity contribution is -0.133. The number of halogens is 1. The summed E-state index contributed by atoms with van der Waals surface area (Å²) < 4.78 is 15.0. The van der Waals surface area contributed by atoms with Crippen molar-refractivity contribution >= 4 is 5.91 Å². The molecular formula is C22H30FN5O. The quantitative estimate of drug-likeness (QED) is 0.840. The summed E-state index contributed by atoms with van der Waals surface area (Å²) in [6.07, 6.45) is 4.13. The molecule has 4 atom stereocenters. The normalized spacial score (nSPS) is 26.5. The van der Waals surface area contributed by atoms with E-state index in [4.69, 9.17) is 0 Å². The highest BCUT2D eigenvalue weighted by atomic mass is 19.1. The van der Waals surface area contributed by atoms with E-state index in [0.717, 1.165) is 43.7 Å². The summed E-state index contributed by atoms with van der Waals surface area (Å²) in [6, 6.07) is 6.69. The number of nitrogens with one attached hydrogen (secondary N) is 1. The van der Waals surface area contributed by atoms with Crippen LogP contribution in [0.15, 0.2) is 30.5 Å². The van der Waals surface area contributed by atoms with Crippen LogP contribution >= 0.6 is 0 Å². The molecule has 0 spiro atoms. The van der Waals surface area contributed by atoms with Gasteiger partial charge in [0.1, 0.15) is 5.82 Å². The van der Waals surface area contributed by atoms with Gasteiger partial charge in [0.05, 0.1) is 18.2 Å². The number of benzene rings is 1.